The van der Waals surface area contributed by atoms with Gasteiger partial charge in [-0.1, -0.05) is 12.8 Å². The standard InChI is InChI=1S/C6H11NO2.C5H11N.CH2O2/c8-6(9)5-3-1-2-4-7-5;1-2-4-6-5-3-1;2-1-3/h5,7H,1-4H2,(H,8,9);6H,1-5H2;1H,(H,2,3). The van der Waals surface area contributed by atoms with Crippen molar-refractivity contribution in [2.24, 2.45) is 0 Å². The topological polar surface area (TPSA) is 98.7 Å². The largest absolute Gasteiger partial charge is 0.483 e. The first kappa shape index (κ1) is 16.9. The summed E-state index contributed by atoms with van der Waals surface area (Å²) in [7, 11) is 0. The van der Waals surface area contributed by atoms with Crippen LogP contribution in [-0.2, 0) is 9.59 Å². The quantitative estimate of drug-likeness (QED) is 0.517. The van der Waals surface area contributed by atoms with Gasteiger partial charge in [-0.05, 0) is 45.3 Å². The number of carboxylic acid groups (broad SMARTS) is 2. The average Bonchev–Trinajstić information content (AvgIpc) is 2.43. The van der Waals surface area contributed by atoms with E-state index >= 15 is 0 Å². The van der Waals surface area contributed by atoms with E-state index < -0.39 is 5.97 Å². The molecule has 2 aliphatic heterocycles. The summed E-state index contributed by atoms with van der Waals surface area (Å²) < 4.78 is 0. The molecule has 2 rings (SSSR count). The maximum Gasteiger partial charge on any atom is 0.320 e. The van der Waals surface area contributed by atoms with Gasteiger partial charge in [0.05, 0.1) is 0 Å². The van der Waals surface area contributed by atoms with Crippen LogP contribution in [0.2, 0.25) is 0 Å². The summed E-state index contributed by atoms with van der Waals surface area (Å²) >= 11 is 0. The molecule has 0 saturated carbocycles. The second-order valence-corrected chi connectivity index (χ2v) is 4.26. The lowest BCUT2D eigenvalue weighted by Crippen LogP contribution is -2.40. The predicted molar refractivity (Wildman–Crippen MR) is 68.7 cm³/mol. The Balaban J connectivity index is 0.000000278. The number of hydrogen-bond acceptors (Lipinski definition) is 4. The van der Waals surface area contributed by atoms with Gasteiger partial charge in [-0.15, -0.1) is 0 Å². The average molecular weight is 260 g/mol. The monoisotopic (exact) mass is 260 g/mol. The van der Waals surface area contributed by atoms with Gasteiger partial charge >= 0.3 is 5.97 Å². The molecule has 0 aromatic rings. The fourth-order valence-corrected chi connectivity index (χ4v) is 1.86. The van der Waals surface area contributed by atoms with Gasteiger partial charge in [0.15, 0.2) is 0 Å². The molecule has 0 aromatic carbocycles. The molecule has 0 aromatic heterocycles. The van der Waals surface area contributed by atoms with Crippen LogP contribution < -0.4 is 10.6 Å². The second kappa shape index (κ2) is 12.3. The highest BCUT2D eigenvalue weighted by atomic mass is 16.4. The van der Waals surface area contributed by atoms with Crippen molar-refractivity contribution in [3.63, 3.8) is 0 Å². The Morgan fingerprint density at radius 2 is 1.61 bits per heavy atom. The molecular formula is C12H24N2O4. The van der Waals surface area contributed by atoms with Crippen LogP contribution in [0.4, 0.5) is 0 Å². The van der Waals surface area contributed by atoms with Crippen molar-refractivity contribution in [2.75, 3.05) is 19.6 Å². The van der Waals surface area contributed by atoms with Crippen LogP contribution >= 0.6 is 0 Å². The number of aliphatic carboxylic acids is 1. The SMILES string of the molecule is C1CCNCC1.O=C(O)C1CCCCN1.O=CO. The fourth-order valence-electron chi connectivity index (χ4n) is 1.86. The third-order valence-electron chi connectivity index (χ3n) is 2.82. The molecule has 0 aliphatic carbocycles. The molecule has 0 radical (unpaired) electrons. The summed E-state index contributed by atoms with van der Waals surface area (Å²) in [5.74, 6) is -0.713. The Bertz CT molecular complexity index is 203. The Morgan fingerprint density at radius 1 is 1.06 bits per heavy atom. The molecule has 2 saturated heterocycles. The van der Waals surface area contributed by atoms with Crippen molar-refractivity contribution in [2.45, 2.75) is 44.6 Å². The van der Waals surface area contributed by atoms with Crippen LogP contribution in [0, 0.1) is 0 Å². The maximum absolute atomic E-state index is 10.3. The van der Waals surface area contributed by atoms with Gasteiger partial charge in [0.1, 0.15) is 6.04 Å². The molecule has 0 spiro atoms. The van der Waals surface area contributed by atoms with Gasteiger partial charge in [0.25, 0.3) is 6.47 Å². The molecule has 18 heavy (non-hydrogen) atoms. The minimum Gasteiger partial charge on any atom is -0.483 e. The van der Waals surface area contributed by atoms with Crippen molar-refractivity contribution in [1.82, 2.24) is 10.6 Å². The van der Waals surface area contributed by atoms with Gasteiger partial charge in [-0.25, -0.2) is 0 Å². The number of piperidine rings is 2. The lowest BCUT2D eigenvalue weighted by molar-refractivity contribution is -0.140. The summed E-state index contributed by atoms with van der Waals surface area (Å²) in [5.41, 5.74) is 0. The van der Waals surface area contributed by atoms with E-state index in [2.05, 4.69) is 10.6 Å². The lowest BCUT2D eigenvalue weighted by atomic mass is 10.1. The van der Waals surface area contributed by atoms with E-state index in [4.69, 9.17) is 15.0 Å². The predicted octanol–water partition coefficient (Wildman–Crippen LogP) is 0.674. The third kappa shape index (κ3) is 10.0. The molecular weight excluding hydrogens is 236 g/mol. The van der Waals surface area contributed by atoms with Gasteiger partial charge in [0.2, 0.25) is 0 Å². The van der Waals surface area contributed by atoms with Crippen LogP contribution in [0.5, 0.6) is 0 Å². The zero-order chi connectivity index (χ0) is 13.6. The Morgan fingerprint density at radius 3 is 1.83 bits per heavy atom. The molecule has 2 fully saturated rings. The van der Waals surface area contributed by atoms with Crippen LogP contribution in [0.25, 0.3) is 0 Å². The molecule has 2 aliphatic rings. The van der Waals surface area contributed by atoms with Crippen LogP contribution in [0.1, 0.15) is 38.5 Å². The number of hydrogen-bond donors (Lipinski definition) is 4. The zero-order valence-corrected chi connectivity index (χ0v) is 10.7. The zero-order valence-electron chi connectivity index (χ0n) is 10.7. The molecule has 0 amide bonds. The van der Waals surface area contributed by atoms with Crippen molar-refractivity contribution in [3.8, 4) is 0 Å². The Kier molecular flexibility index (Phi) is 11.5. The summed E-state index contributed by atoms with van der Waals surface area (Å²) in [6.45, 7) is 3.11. The van der Waals surface area contributed by atoms with E-state index in [1.54, 1.807) is 0 Å². The van der Waals surface area contributed by atoms with Gasteiger partial charge in [0, 0.05) is 0 Å². The van der Waals surface area contributed by atoms with E-state index in [9.17, 15) is 4.79 Å². The highest BCUT2D eigenvalue weighted by Gasteiger charge is 2.18. The Hall–Kier alpha value is -1.14. The van der Waals surface area contributed by atoms with Crippen LogP contribution in [-0.4, -0.2) is 48.3 Å². The van der Waals surface area contributed by atoms with Gasteiger partial charge in [-0.2, -0.15) is 0 Å². The van der Waals surface area contributed by atoms with Gasteiger partial charge in [-0.3, -0.25) is 9.59 Å². The molecule has 1 unspecified atom stereocenters. The molecule has 2 heterocycles. The first-order valence-electron chi connectivity index (χ1n) is 6.47. The number of rotatable bonds is 1. The van der Waals surface area contributed by atoms with Crippen LogP contribution in [0.3, 0.4) is 0 Å². The molecule has 106 valence electrons. The third-order valence-corrected chi connectivity index (χ3v) is 2.82. The minimum absolute atomic E-state index is 0.250. The van der Waals surface area contributed by atoms with E-state index in [0.717, 1.165) is 25.8 Å². The van der Waals surface area contributed by atoms with E-state index in [1.807, 2.05) is 0 Å². The van der Waals surface area contributed by atoms with E-state index in [1.165, 1.54) is 32.4 Å². The first-order chi connectivity index (χ1) is 8.72. The summed E-state index contributed by atoms with van der Waals surface area (Å²) in [6, 6.07) is -0.279. The summed E-state index contributed by atoms with van der Waals surface area (Å²) in [5, 5.41) is 21.6. The van der Waals surface area contributed by atoms with Crippen molar-refractivity contribution >= 4 is 12.4 Å². The normalized spacial score (nSPS) is 22.6. The highest BCUT2D eigenvalue weighted by Crippen LogP contribution is 2.05. The summed E-state index contributed by atoms with van der Waals surface area (Å²) in [6.07, 6.45) is 7.16. The van der Waals surface area contributed by atoms with Crippen molar-refractivity contribution in [3.05, 3.63) is 0 Å². The highest BCUT2D eigenvalue weighted by molar-refractivity contribution is 5.73. The Labute approximate surface area is 108 Å². The summed E-state index contributed by atoms with van der Waals surface area (Å²) in [4.78, 5) is 18.7. The van der Waals surface area contributed by atoms with Crippen molar-refractivity contribution in [1.29, 1.82) is 0 Å². The van der Waals surface area contributed by atoms with Gasteiger partial charge < -0.3 is 20.8 Å². The van der Waals surface area contributed by atoms with E-state index in [-0.39, 0.29) is 12.5 Å². The molecule has 6 nitrogen and oxygen atoms in total. The van der Waals surface area contributed by atoms with Crippen molar-refractivity contribution < 1.29 is 19.8 Å². The second-order valence-electron chi connectivity index (χ2n) is 4.26. The molecule has 0 bridgehead atoms. The smallest absolute Gasteiger partial charge is 0.320 e. The number of carbonyl (C=O) groups is 2. The molecule has 1 atom stereocenters. The molecule has 4 N–H and O–H groups in total. The minimum atomic E-state index is -0.713. The first-order valence-corrected chi connectivity index (χ1v) is 6.47. The number of nitrogens with one attached hydrogen (secondary N) is 2. The van der Waals surface area contributed by atoms with Crippen LogP contribution in [0.15, 0.2) is 0 Å². The molecule has 6 heteroatoms. The number of carboxylic acids is 1. The van der Waals surface area contributed by atoms with E-state index in [0.29, 0.717) is 0 Å². The maximum atomic E-state index is 10.3. The fraction of sp³-hybridized carbons (Fsp3) is 0.833. The lowest BCUT2D eigenvalue weighted by Gasteiger charge is -2.18.